The van der Waals surface area contributed by atoms with Gasteiger partial charge in [0.2, 0.25) is 0 Å². The van der Waals surface area contributed by atoms with E-state index in [4.69, 9.17) is 16.3 Å². The lowest BCUT2D eigenvalue weighted by Crippen LogP contribution is -2.49. The van der Waals surface area contributed by atoms with Crippen molar-refractivity contribution >= 4 is 27.3 Å². The highest BCUT2D eigenvalue weighted by atomic mass is 35.5. The van der Waals surface area contributed by atoms with E-state index in [9.17, 15) is 13.2 Å². The molecule has 0 radical (unpaired) electrons. The van der Waals surface area contributed by atoms with Crippen LogP contribution in [0.5, 0.6) is 5.75 Å². The van der Waals surface area contributed by atoms with Crippen LogP contribution in [0.2, 0.25) is 5.02 Å². The molecule has 1 aliphatic rings. The van der Waals surface area contributed by atoms with Crippen molar-refractivity contribution in [2.24, 2.45) is 0 Å². The van der Waals surface area contributed by atoms with E-state index >= 15 is 0 Å². The highest BCUT2D eigenvalue weighted by Crippen LogP contribution is 2.31. The smallest absolute Gasteiger partial charge is 0.257 e. The van der Waals surface area contributed by atoms with Gasteiger partial charge in [-0.3, -0.25) is 9.69 Å². The third kappa shape index (κ3) is 4.87. The third-order valence-electron chi connectivity index (χ3n) is 4.82. The van der Waals surface area contributed by atoms with Gasteiger partial charge in [0.05, 0.1) is 29.1 Å². The van der Waals surface area contributed by atoms with Crippen LogP contribution in [0.25, 0.3) is 5.69 Å². The summed E-state index contributed by atoms with van der Waals surface area (Å²) in [5.74, 6) is 0.462. The summed E-state index contributed by atoms with van der Waals surface area (Å²) in [6, 6.07) is 7.20. The van der Waals surface area contributed by atoms with Crippen molar-refractivity contribution in [2.45, 2.75) is 0 Å². The number of methoxy groups -OCH3 is 1. The van der Waals surface area contributed by atoms with E-state index in [1.54, 1.807) is 17.0 Å². The van der Waals surface area contributed by atoms with Crippen molar-refractivity contribution in [3.8, 4) is 11.4 Å². The van der Waals surface area contributed by atoms with E-state index in [-0.39, 0.29) is 11.7 Å². The van der Waals surface area contributed by atoms with E-state index in [2.05, 4.69) is 4.90 Å². The van der Waals surface area contributed by atoms with Crippen molar-refractivity contribution in [3.63, 3.8) is 0 Å². The zero-order valence-corrected chi connectivity index (χ0v) is 17.5. The molecule has 1 fully saturated rings. The normalized spacial score (nSPS) is 15.6. The molecule has 0 N–H and O–H groups in total. The predicted octanol–water partition coefficient (Wildman–Crippen LogP) is 1.94. The van der Waals surface area contributed by atoms with Crippen molar-refractivity contribution in [3.05, 3.63) is 47.2 Å². The summed E-state index contributed by atoms with van der Waals surface area (Å²) in [5, 5.41) is 0.465. The van der Waals surface area contributed by atoms with Gasteiger partial charge in [-0.1, -0.05) is 11.6 Å². The van der Waals surface area contributed by atoms with E-state index in [0.717, 1.165) is 5.69 Å². The SMILES string of the molecule is COc1cc(-n2cccc2)c(Cl)cc1C(=O)N1CCN(CCS(C)(=O)=O)CC1. The van der Waals surface area contributed by atoms with Gasteiger partial charge in [0.15, 0.2) is 0 Å². The molecular weight excluding hydrogens is 402 g/mol. The van der Waals surface area contributed by atoms with Gasteiger partial charge in [0.25, 0.3) is 5.91 Å². The number of ether oxygens (including phenoxy) is 1. The number of piperazine rings is 1. The second kappa shape index (κ2) is 8.55. The van der Waals surface area contributed by atoms with Crippen LogP contribution in [0.4, 0.5) is 0 Å². The molecule has 0 bridgehead atoms. The molecule has 152 valence electrons. The van der Waals surface area contributed by atoms with Gasteiger partial charge >= 0.3 is 0 Å². The summed E-state index contributed by atoms with van der Waals surface area (Å²) in [4.78, 5) is 16.8. The summed E-state index contributed by atoms with van der Waals surface area (Å²) in [7, 11) is -1.46. The zero-order chi connectivity index (χ0) is 20.3. The van der Waals surface area contributed by atoms with Crippen molar-refractivity contribution < 1.29 is 17.9 Å². The maximum atomic E-state index is 13.0. The minimum atomic E-state index is -2.99. The Morgan fingerprint density at radius 1 is 1.14 bits per heavy atom. The number of carbonyl (C=O) groups excluding carboxylic acids is 1. The Balaban J connectivity index is 1.72. The van der Waals surface area contributed by atoms with E-state index in [0.29, 0.717) is 49.1 Å². The predicted molar refractivity (Wildman–Crippen MR) is 109 cm³/mol. The van der Waals surface area contributed by atoms with Crippen LogP contribution in [-0.2, 0) is 9.84 Å². The molecule has 1 saturated heterocycles. The summed E-state index contributed by atoms with van der Waals surface area (Å²) in [6.07, 6.45) is 4.98. The second-order valence-corrected chi connectivity index (χ2v) is 9.52. The third-order valence-corrected chi connectivity index (χ3v) is 6.05. The summed E-state index contributed by atoms with van der Waals surface area (Å²) in [6.45, 7) is 2.82. The van der Waals surface area contributed by atoms with Gasteiger partial charge < -0.3 is 14.2 Å². The number of hydrogen-bond donors (Lipinski definition) is 0. The van der Waals surface area contributed by atoms with Gasteiger partial charge in [0, 0.05) is 57.4 Å². The molecule has 2 aromatic rings. The molecule has 2 heterocycles. The zero-order valence-electron chi connectivity index (χ0n) is 16.0. The van der Waals surface area contributed by atoms with Crippen LogP contribution in [0.15, 0.2) is 36.7 Å². The van der Waals surface area contributed by atoms with E-state index < -0.39 is 9.84 Å². The first-order valence-electron chi connectivity index (χ1n) is 8.99. The van der Waals surface area contributed by atoms with Crippen molar-refractivity contribution in [1.29, 1.82) is 0 Å². The van der Waals surface area contributed by atoms with Crippen molar-refractivity contribution in [1.82, 2.24) is 14.4 Å². The number of nitrogens with zero attached hydrogens (tertiary/aromatic N) is 3. The molecule has 0 atom stereocenters. The summed E-state index contributed by atoms with van der Waals surface area (Å²) in [5.41, 5.74) is 1.17. The van der Waals surface area contributed by atoms with Crippen molar-refractivity contribution in [2.75, 3.05) is 51.8 Å². The number of carbonyl (C=O) groups is 1. The van der Waals surface area contributed by atoms with E-state index in [1.165, 1.54) is 13.4 Å². The molecule has 1 aliphatic heterocycles. The Labute approximate surface area is 170 Å². The Morgan fingerprint density at radius 3 is 2.36 bits per heavy atom. The number of benzene rings is 1. The molecule has 0 spiro atoms. The molecule has 1 amide bonds. The minimum Gasteiger partial charge on any atom is -0.496 e. The maximum absolute atomic E-state index is 13.0. The Hall–Kier alpha value is -2.03. The first-order chi connectivity index (χ1) is 13.3. The van der Waals surface area contributed by atoms with Gasteiger partial charge in [0.1, 0.15) is 15.6 Å². The molecule has 1 aromatic carbocycles. The molecule has 3 rings (SSSR count). The van der Waals surface area contributed by atoms with Gasteiger partial charge in [-0.15, -0.1) is 0 Å². The highest BCUT2D eigenvalue weighted by Gasteiger charge is 2.25. The number of rotatable bonds is 6. The fourth-order valence-corrected chi connectivity index (χ4v) is 4.06. The van der Waals surface area contributed by atoms with Crippen LogP contribution in [0.3, 0.4) is 0 Å². The monoisotopic (exact) mass is 425 g/mol. The standard InChI is InChI=1S/C19H24ClN3O4S/c1-27-18-14-17(22-5-3-4-6-22)16(20)13-15(18)19(24)23-9-7-21(8-10-23)11-12-28(2,25)26/h3-6,13-14H,7-12H2,1-2H3. The van der Waals surface area contributed by atoms with Gasteiger partial charge in [-0.25, -0.2) is 8.42 Å². The lowest BCUT2D eigenvalue weighted by Gasteiger charge is -2.34. The summed E-state index contributed by atoms with van der Waals surface area (Å²) < 4.78 is 30.0. The molecule has 9 heteroatoms. The average molecular weight is 426 g/mol. The number of aromatic nitrogens is 1. The number of amides is 1. The molecule has 28 heavy (non-hydrogen) atoms. The maximum Gasteiger partial charge on any atom is 0.257 e. The fourth-order valence-electron chi connectivity index (χ4n) is 3.21. The Morgan fingerprint density at radius 2 is 1.79 bits per heavy atom. The Kier molecular flexibility index (Phi) is 6.32. The first-order valence-corrected chi connectivity index (χ1v) is 11.4. The van der Waals surface area contributed by atoms with Gasteiger partial charge in [-0.05, 0) is 18.2 Å². The molecule has 0 saturated carbocycles. The van der Waals surface area contributed by atoms with Crippen LogP contribution in [0, 0.1) is 0 Å². The lowest BCUT2D eigenvalue weighted by atomic mass is 10.1. The second-order valence-electron chi connectivity index (χ2n) is 6.86. The molecule has 0 unspecified atom stereocenters. The topological polar surface area (TPSA) is 71.8 Å². The highest BCUT2D eigenvalue weighted by molar-refractivity contribution is 7.90. The average Bonchev–Trinajstić information content (AvgIpc) is 3.20. The number of halogens is 1. The number of hydrogen-bond acceptors (Lipinski definition) is 5. The largest absolute Gasteiger partial charge is 0.496 e. The fraction of sp³-hybridized carbons (Fsp3) is 0.421. The summed E-state index contributed by atoms with van der Waals surface area (Å²) >= 11 is 6.43. The lowest BCUT2D eigenvalue weighted by molar-refractivity contribution is 0.0641. The Bertz CT molecular complexity index is 936. The van der Waals surface area contributed by atoms with E-state index in [1.807, 2.05) is 29.1 Å². The molecule has 0 aliphatic carbocycles. The van der Waals surface area contributed by atoms with Gasteiger partial charge in [-0.2, -0.15) is 0 Å². The van der Waals surface area contributed by atoms with Crippen LogP contribution in [0.1, 0.15) is 10.4 Å². The quantitative estimate of drug-likeness (QED) is 0.707. The van der Waals surface area contributed by atoms with Crippen LogP contribution in [-0.4, -0.2) is 80.5 Å². The molecule has 7 nitrogen and oxygen atoms in total. The molecule has 1 aromatic heterocycles. The van der Waals surface area contributed by atoms with Crippen LogP contribution >= 0.6 is 11.6 Å². The number of sulfone groups is 1. The minimum absolute atomic E-state index is 0.130. The van der Waals surface area contributed by atoms with Crippen LogP contribution < -0.4 is 4.74 Å². The molecular formula is C19H24ClN3O4S. The first kappa shape index (κ1) is 20.7.